The lowest BCUT2D eigenvalue weighted by molar-refractivity contribution is 0.768. The molecule has 132 valence electrons. The van der Waals surface area contributed by atoms with E-state index in [0.29, 0.717) is 11.5 Å². The highest BCUT2D eigenvalue weighted by molar-refractivity contribution is 5.82. The second-order valence-corrected chi connectivity index (χ2v) is 6.19. The maximum atomic E-state index is 4.86. The lowest BCUT2D eigenvalue weighted by Crippen LogP contribution is -2.14. The van der Waals surface area contributed by atoms with Gasteiger partial charge in [-0.15, -0.1) is 0 Å². The number of pyridine rings is 1. The number of fused-ring (bicyclic) bond motifs is 2. The predicted molar refractivity (Wildman–Crippen MR) is 103 cm³/mol. The molecule has 0 aliphatic heterocycles. The zero-order valence-corrected chi connectivity index (χ0v) is 14.5. The molecule has 0 aliphatic rings. The van der Waals surface area contributed by atoms with Crippen LogP contribution in [0.5, 0.6) is 0 Å². The minimum Gasteiger partial charge on any atom is -0.358 e. The Hall–Kier alpha value is -3.81. The number of nitrogens with zero attached hydrogens (tertiary/aromatic N) is 6. The Morgan fingerprint density at radius 1 is 1.07 bits per heavy atom. The standard InChI is InChI=1S/C19H16N8/c1-12(25-18-16-17(22-10-21-16)23-11-24-18)19-26-14-6-2-3-7-15(14)27(19)13-5-4-8-20-9-13/h2-12H,1H3,(H2,21,22,23,24,25). The summed E-state index contributed by atoms with van der Waals surface area (Å²) in [6.07, 6.45) is 6.71. The lowest BCUT2D eigenvalue weighted by Gasteiger charge is -2.16. The van der Waals surface area contributed by atoms with Crippen molar-refractivity contribution in [2.45, 2.75) is 13.0 Å². The maximum absolute atomic E-state index is 4.86. The number of anilines is 1. The molecular formula is C19H16N8. The van der Waals surface area contributed by atoms with Crippen LogP contribution < -0.4 is 5.32 Å². The molecule has 0 fully saturated rings. The van der Waals surface area contributed by atoms with Gasteiger partial charge in [-0.2, -0.15) is 0 Å². The minimum atomic E-state index is -0.112. The smallest absolute Gasteiger partial charge is 0.182 e. The fourth-order valence-corrected chi connectivity index (χ4v) is 3.24. The quantitative estimate of drug-likeness (QED) is 0.513. The van der Waals surface area contributed by atoms with Gasteiger partial charge < -0.3 is 10.3 Å². The largest absolute Gasteiger partial charge is 0.358 e. The number of aromatic nitrogens is 7. The summed E-state index contributed by atoms with van der Waals surface area (Å²) in [6.45, 7) is 2.05. The summed E-state index contributed by atoms with van der Waals surface area (Å²) in [5, 5.41) is 3.43. The van der Waals surface area contributed by atoms with E-state index < -0.39 is 0 Å². The molecule has 0 bridgehead atoms. The zero-order chi connectivity index (χ0) is 18.2. The molecule has 0 spiro atoms. The van der Waals surface area contributed by atoms with Gasteiger partial charge in [-0.3, -0.25) is 9.55 Å². The fraction of sp³-hybridized carbons (Fsp3) is 0.105. The van der Waals surface area contributed by atoms with E-state index in [4.69, 9.17) is 4.98 Å². The third-order valence-electron chi connectivity index (χ3n) is 4.45. The second kappa shape index (κ2) is 6.17. The minimum absolute atomic E-state index is 0.112. The third-order valence-corrected chi connectivity index (χ3v) is 4.45. The Bertz CT molecular complexity index is 1220. The van der Waals surface area contributed by atoms with E-state index in [1.165, 1.54) is 6.33 Å². The van der Waals surface area contributed by atoms with E-state index in [2.05, 4.69) is 47.8 Å². The second-order valence-electron chi connectivity index (χ2n) is 6.19. The molecule has 0 radical (unpaired) electrons. The molecule has 0 aliphatic carbocycles. The maximum Gasteiger partial charge on any atom is 0.182 e. The van der Waals surface area contributed by atoms with Crippen molar-refractivity contribution >= 4 is 28.0 Å². The number of imidazole rings is 2. The third kappa shape index (κ3) is 2.58. The summed E-state index contributed by atoms with van der Waals surface area (Å²) in [5.41, 5.74) is 4.32. The van der Waals surface area contributed by atoms with Crippen molar-refractivity contribution in [2.24, 2.45) is 0 Å². The van der Waals surface area contributed by atoms with Gasteiger partial charge in [0.2, 0.25) is 0 Å². The van der Waals surface area contributed by atoms with Gasteiger partial charge in [0, 0.05) is 6.20 Å². The molecule has 1 atom stereocenters. The first-order chi connectivity index (χ1) is 13.3. The van der Waals surface area contributed by atoms with Crippen molar-refractivity contribution in [3.63, 3.8) is 0 Å². The average Bonchev–Trinajstić information content (AvgIpc) is 3.34. The number of aromatic amines is 1. The van der Waals surface area contributed by atoms with Crippen LogP contribution in [0, 0.1) is 0 Å². The predicted octanol–water partition coefficient (Wildman–Crippen LogP) is 3.26. The first kappa shape index (κ1) is 15.4. The topological polar surface area (TPSA) is 97.2 Å². The van der Waals surface area contributed by atoms with Gasteiger partial charge in [-0.1, -0.05) is 12.1 Å². The van der Waals surface area contributed by atoms with Crippen LogP contribution in [0.15, 0.2) is 61.4 Å². The van der Waals surface area contributed by atoms with Crippen molar-refractivity contribution in [2.75, 3.05) is 5.32 Å². The zero-order valence-electron chi connectivity index (χ0n) is 14.5. The van der Waals surface area contributed by atoms with Crippen LogP contribution >= 0.6 is 0 Å². The summed E-state index contributed by atoms with van der Waals surface area (Å²) < 4.78 is 2.12. The molecule has 0 saturated carbocycles. The number of hydrogen-bond acceptors (Lipinski definition) is 6. The van der Waals surface area contributed by atoms with Crippen molar-refractivity contribution in [3.05, 3.63) is 67.3 Å². The first-order valence-electron chi connectivity index (χ1n) is 8.59. The van der Waals surface area contributed by atoms with Gasteiger partial charge in [0.25, 0.3) is 0 Å². The highest BCUT2D eigenvalue weighted by Crippen LogP contribution is 2.27. The Kier molecular flexibility index (Phi) is 3.53. The van der Waals surface area contributed by atoms with Gasteiger partial charge >= 0.3 is 0 Å². The van der Waals surface area contributed by atoms with Crippen molar-refractivity contribution < 1.29 is 0 Å². The molecule has 2 N–H and O–H groups in total. The van der Waals surface area contributed by atoms with Gasteiger partial charge in [-0.25, -0.2) is 19.9 Å². The Morgan fingerprint density at radius 3 is 2.89 bits per heavy atom. The normalized spacial score (nSPS) is 12.5. The Morgan fingerprint density at radius 2 is 2.00 bits per heavy atom. The fourth-order valence-electron chi connectivity index (χ4n) is 3.24. The van der Waals surface area contributed by atoms with Crippen LogP contribution in [0.2, 0.25) is 0 Å². The molecular weight excluding hydrogens is 340 g/mol. The summed E-state index contributed by atoms with van der Waals surface area (Å²) >= 11 is 0. The lowest BCUT2D eigenvalue weighted by atomic mass is 10.2. The van der Waals surface area contributed by atoms with Crippen LogP contribution in [0.3, 0.4) is 0 Å². The number of para-hydroxylation sites is 2. The summed E-state index contributed by atoms with van der Waals surface area (Å²) in [6, 6.07) is 11.9. The van der Waals surface area contributed by atoms with E-state index in [0.717, 1.165) is 28.1 Å². The van der Waals surface area contributed by atoms with Crippen LogP contribution in [-0.4, -0.2) is 34.5 Å². The molecule has 8 heteroatoms. The number of nitrogens with one attached hydrogen (secondary N) is 2. The number of H-pyrrole nitrogens is 1. The molecule has 5 aromatic rings. The van der Waals surface area contributed by atoms with Crippen molar-refractivity contribution in [3.8, 4) is 5.69 Å². The molecule has 8 nitrogen and oxygen atoms in total. The van der Waals surface area contributed by atoms with E-state index in [1.54, 1.807) is 12.5 Å². The molecule has 1 unspecified atom stereocenters. The van der Waals surface area contributed by atoms with E-state index in [1.807, 2.05) is 36.5 Å². The molecule has 0 saturated heterocycles. The Balaban J connectivity index is 1.63. The molecule has 4 aromatic heterocycles. The van der Waals surface area contributed by atoms with Crippen LogP contribution in [0.4, 0.5) is 5.82 Å². The van der Waals surface area contributed by atoms with E-state index in [9.17, 15) is 0 Å². The summed E-state index contributed by atoms with van der Waals surface area (Å²) in [4.78, 5) is 24.9. The average molecular weight is 356 g/mol. The number of rotatable bonds is 4. The molecule has 27 heavy (non-hydrogen) atoms. The summed E-state index contributed by atoms with van der Waals surface area (Å²) in [5.74, 6) is 1.56. The van der Waals surface area contributed by atoms with Gasteiger partial charge in [0.15, 0.2) is 11.5 Å². The van der Waals surface area contributed by atoms with Crippen molar-refractivity contribution in [1.29, 1.82) is 0 Å². The number of benzene rings is 1. The summed E-state index contributed by atoms with van der Waals surface area (Å²) in [7, 11) is 0. The highest BCUT2D eigenvalue weighted by Gasteiger charge is 2.19. The van der Waals surface area contributed by atoms with Crippen molar-refractivity contribution in [1.82, 2.24) is 34.5 Å². The van der Waals surface area contributed by atoms with Crippen LogP contribution in [0.25, 0.3) is 27.9 Å². The molecule has 5 rings (SSSR count). The number of hydrogen-bond donors (Lipinski definition) is 2. The molecule has 4 heterocycles. The molecule has 0 amide bonds. The van der Waals surface area contributed by atoms with Gasteiger partial charge in [0.1, 0.15) is 17.7 Å². The molecule has 1 aromatic carbocycles. The van der Waals surface area contributed by atoms with Gasteiger partial charge in [-0.05, 0) is 31.2 Å². The van der Waals surface area contributed by atoms with E-state index in [-0.39, 0.29) is 6.04 Å². The monoisotopic (exact) mass is 356 g/mol. The SMILES string of the molecule is CC(Nc1ncnc2nc[nH]c12)c1nc2ccccc2n1-c1cccnc1. The van der Waals surface area contributed by atoms with Crippen LogP contribution in [0.1, 0.15) is 18.8 Å². The van der Waals surface area contributed by atoms with Crippen LogP contribution in [-0.2, 0) is 0 Å². The van der Waals surface area contributed by atoms with Gasteiger partial charge in [0.05, 0.1) is 35.3 Å². The first-order valence-corrected chi connectivity index (χ1v) is 8.59. The Labute approximate surface area is 154 Å². The highest BCUT2D eigenvalue weighted by atomic mass is 15.2. The van der Waals surface area contributed by atoms with E-state index >= 15 is 0 Å².